The van der Waals surface area contributed by atoms with Gasteiger partial charge in [-0.1, -0.05) is 66.9 Å². The zero-order chi connectivity index (χ0) is 22.8. The number of rotatable bonds is 6. The smallest absolute Gasteiger partial charge is 0.254 e. The maximum atomic E-state index is 13.7. The second kappa shape index (κ2) is 9.52. The van der Waals surface area contributed by atoms with Gasteiger partial charge in [-0.25, -0.2) is 0 Å². The van der Waals surface area contributed by atoms with Crippen LogP contribution in [0.3, 0.4) is 0 Å². The lowest BCUT2D eigenvalue weighted by molar-refractivity contribution is -0.124. The molecule has 0 bridgehead atoms. The number of aryl methyl sites for hydroxylation is 1. The minimum absolute atomic E-state index is 0.00370. The highest BCUT2D eigenvalue weighted by atomic mass is 32.1. The summed E-state index contributed by atoms with van der Waals surface area (Å²) in [6.07, 6.45) is 5.09. The number of thiophene rings is 1. The van der Waals surface area contributed by atoms with E-state index >= 15 is 0 Å². The van der Waals surface area contributed by atoms with Crippen LogP contribution >= 0.6 is 11.3 Å². The van der Waals surface area contributed by atoms with Gasteiger partial charge in [-0.05, 0) is 54.8 Å². The van der Waals surface area contributed by atoms with Crippen molar-refractivity contribution in [2.45, 2.75) is 57.0 Å². The molecule has 1 fully saturated rings. The second-order valence-electron chi connectivity index (χ2n) is 9.21. The number of carbonyl (C=O) groups excluding carboxylic acids is 2. The maximum Gasteiger partial charge on any atom is 0.254 e. The van der Waals surface area contributed by atoms with E-state index in [2.05, 4.69) is 42.6 Å². The van der Waals surface area contributed by atoms with Gasteiger partial charge in [0, 0.05) is 23.0 Å². The molecule has 2 aliphatic rings. The molecule has 2 atom stereocenters. The van der Waals surface area contributed by atoms with E-state index in [0.29, 0.717) is 12.1 Å². The summed E-state index contributed by atoms with van der Waals surface area (Å²) in [6, 6.07) is 20.1. The Labute approximate surface area is 199 Å². The molecule has 1 aromatic heterocycles. The summed E-state index contributed by atoms with van der Waals surface area (Å²) in [5.74, 6) is -0.334. The molecule has 2 amide bonds. The first-order valence-electron chi connectivity index (χ1n) is 11.9. The molecule has 0 unspecified atom stereocenters. The minimum atomic E-state index is -0.407. The van der Waals surface area contributed by atoms with Gasteiger partial charge in [0.05, 0.1) is 12.0 Å². The van der Waals surface area contributed by atoms with Gasteiger partial charge in [0.1, 0.15) is 0 Å². The summed E-state index contributed by atoms with van der Waals surface area (Å²) in [4.78, 5) is 30.6. The third kappa shape index (κ3) is 4.34. The lowest BCUT2D eigenvalue weighted by Crippen LogP contribution is -2.50. The number of benzene rings is 2. The topological polar surface area (TPSA) is 49.4 Å². The number of hydrogen-bond donors (Lipinski definition) is 1. The molecule has 170 valence electrons. The molecule has 2 aromatic carbocycles. The minimum Gasteiger partial charge on any atom is -0.355 e. The predicted octanol–water partition coefficient (Wildman–Crippen LogP) is 5.64. The molecule has 1 aliphatic heterocycles. The van der Waals surface area contributed by atoms with Gasteiger partial charge in [-0.3, -0.25) is 9.59 Å². The van der Waals surface area contributed by atoms with Crippen LogP contribution in [0.2, 0.25) is 0 Å². The molecule has 0 spiro atoms. The highest BCUT2D eigenvalue weighted by Crippen LogP contribution is 2.47. The van der Waals surface area contributed by atoms with Crippen molar-refractivity contribution in [1.82, 2.24) is 10.2 Å². The Balaban J connectivity index is 1.47. The average Bonchev–Trinajstić information content (AvgIpc) is 3.53. The van der Waals surface area contributed by atoms with E-state index in [9.17, 15) is 9.59 Å². The summed E-state index contributed by atoms with van der Waals surface area (Å²) in [5.41, 5.74) is 3.97. The van der Waals surface area contributed by atoms with E-state index in [1.807, 2.05) is 40.6 Å². The fourth-order valence-electron chi connectivity index (χ4n) is 5.49. The normalized spacial score (nSPS) is 20.6. The van der Waals surface area contributed by atoms with Gasteiger partial charge < -0.3 is 10.2 Å². The van der Waals surface area contributed by atoms with Crippen molar-refractivity contribution in [3.8, 4) is 0 Å². The van der Waals surface area contributed by atoms with Crippen LogP contribution in [0.5, 0.6) is 0 Å². The number of carbonyl (C=O) groups is 2. The maximum absolute atomic E-state index is 13.7. The second-order valence-corrected chi connectivity index (χ2v) is 10.2. The SMILES string of the molecule is Cc1cccc(CCNC(=O)[C@@H]2c3ccccc3C(=O)N(C3CCCC3)[C@H]2c2cccs2)c1. The quantitative estimate of drug-likeness (QED) is 0.520. The summed E-state index contributed by atoms with van der Waals surface area (Å²) < 4.78 is 0. The number of fused-ring (bicyclic) bond motifs is 1. The van der Waals surface area contributed by atoms with Gasteiger partial charge in [-0.2, -0.15) is 0 Å². The number of nitrogens with one attached hydrogen (secondary N) is 1. The van der Waals surface area contributed by atoms with Crippen molar-refractivity contribution in [3.63, 3.8) is 0 Å². The van der Waals surface area contributed by atoms with Crippen molar-refractivity contribution in [2.75, 3.05) is 6.54 Å². The van der Waals surface area contributed by atoms with E-state index in [-0.39, 0.29) is 23.9 Å². The number of amides is 2. The molecular weight excluding hydrogens is 428 g/mol. The molecule has 5 heteroatoms. The summed E-state index contributed by atoms with van der Waals surface area (Å²) in [5, 5.41) is 5.25. The summed E-state index contributed by atoms with van der Waals surface area (Å²) >= 11 is 1.64. The van der Waals surface area contributed by atoms with Crippen molar-refractivity contribution in [1.29, 1.82) is 0 Å². The Hall–Kier alpha value is -2.92. The zero-order valence-electron chi connectivity index (χ0n) is 19.0. The monoisotopic (exact) mass is 458 g/mol. The van der Waals surface area contributed by atoms with E-state index in [4.69, 9.17) is 0 Å². The first kappa shape index (κ1) is 21.9. The Bertz CT molecular complexity index is 1130. The van der Waals surface area contributed by atoms with Crippen molar-refractivity contribution >= 4 is 23.2 Å². The van der Waals surface area contributed by atoms with Gasteiger partial charge in [-0.15, -0.1) is 11.3 Å². The molecule has 1 N–H and O–H groups in total. The van der Waals surface area contributed by atoms with Gasteiger partial charge in [0.25, 0.3) is 5.91 Å². The Kier molecular flexibility index (Phi) is 6.32. The van der Waals surface area contributed by atoms with Crippen LogP contribution in [-0.4, -0.2) is 29.3 Å². The molecule has 4 nitrogen and oxygen atoms in total. The molecule has 0 radical (unpaired) electrons. The van der Waals surface area contributed by atoms with Gasteiger partial charge in [0.2, 0.25) is 5.91 Å². The highest BCUT2D eigenvalue weighted by molar-refractivity contribution is 7.10. The van der Waals surface area contributed by atoms with Crippen LogP contribution in [0, 0.1) is 6.92 Å². The van der Waals surface area contributed by atoms with E-state index in [0.717, 1.165) is 42.5 Å². The molecule has 2 heterocycles. The largest absolute Gasteiger partial charge is 0.355 e. The van der Waals surface area contributed by atoms with E-state index in [1.54, 1.807) is 11.3 Å². The highest BCUT2D eigenvalue weighted by Gasteiger charge is 2.47. The Morgan fingerprint density at radius 2 is 1.88 bits per heavy atom. The number of hydrogen-bond acceptors (Lipinski definition) is 3. The third-order valence-corrected chi connectivity index (χ3v) is 7.95. The lowest BCUT2D eigenvalue weighted by Gasteiger charge is -2.44. The Morgan fingerprint density at radius 1 is 1.06 bits per heavy atom. The number of nitrogens with zero attached hydrogens (tertiary/aromatic N) is 1. The third-order valence-electron chi connectivity index (χ3n) is 7.01. The molecule has 5 rings (SSSR count). The fourth-order valence-corrected chi connectivity index (χ4v) is 6.35. The zero-order valence-corrected chi connectivity index (χ0v) is 19.8. The lowest BCUT2D eigenvalue weighted by atomic mass is 9.80. The van der Waals surface area contributed by atoms with Crippen LogP contribution in [0.25, 0.3) is 0 Å². The van der Waals surface area contributed by atoms with Crippen LogP contribution in [0.1, 0.15) is 69.6 Å². The van der Waals surface area contributed by atoms with Crippen LogP contribution in [0.4, 0.5) is 0 Å². The average molecular weight is 459 g/mol. The molecule has 1 saturated carbocycles. The first-order valence-corrected chi connectivity index (χ1v) is 12.8. The van der Waals surface area contributed by atoms with Crippen molar-refractivity contribution < 1.29 is 9.59 Å². The van der Waals surface area contributed by atoms with Gasteiger partial charge >= 0.3 is 0 Å². The predicted molar refractivity (Wildman–Crippen MR) is 133 cm³/mol. The van der Waals surface area contributed by atoms with Gasteiger partial charge in [0.15, 0.2) is 0 Å². The van der Waals surface area contributed by atoms with Crippen molar-refractivity contribution in [2.24, 2.45) is 0 Å². The molecular formula is C28H30N2O2S. The van der Waals surface area contributed by atoms with Crippen LogP contribution in [-0.2, 0) is 11.2 Å². The standard InChI is InChI=1S/C28H30N2O2S/c1-19-8-6-9-20(18-19)15-16-29-27(31)25-22-12-4-5-13-23(22)28(32)30(21-10-2-3-11-21)26(25)24-14-7-17-33-24/h4-9,12-14,17-18,21,25-26H,2-3,10-11,15-16H2,1H3,(H,29,31)/t25-,26+/m1/s1. The first-order chi connectivity index (χ1) is 16.1. The van der Waals surface area contributed by atoms with E-state index < -0.39 is 5.92 Å². The van der Waals surface area contributed by atoms with Crippen molar-refractivity contribution in [3.05, 3.63) is 93.2 Å². The molecule has 1 aliphatic carbocycles. The molecule has 3 aromatic rings. The fraction of sp³-hybridized carbons (Fsp3) is 0.357. The Morgan fingerprint density at radius 3 is 2.64 bits per heavy atom. The van der Waals surface area contributed by atoms with E-state index in [1.165, 1.54) is 11.1 Å². The molecule has 0 saturated heterocycles. The summed E-state index contributed by atoms with van der Waals surface area (Å²) in [6.45, 7) is 2.66. The molecule has 33 heavy (non-hydrogen) atoms. The summed E-state index contributed by atoms with van der Waals surface area (Å²) in [7, 11) is 0. The van der Waals surface area contributed by atoms with Crippen LogP contribution in [0.15, 0.2) is 66.0 Å². The van der Waals surface area contributed by atoms with Crippen LogP contribution < -0.4 is 5.32 Å².